The molecule has 44 nitrogen and oxygen atoms in total. The highest BCUT2D eigenvalue weighted by Gasteiger charge is 2.27. The molecule has 15 rings (SSSR count). The third-order valence-electron chi connectivity index (χ3n) is 16.2. The number of imide groups is 5. The molecule has 15 aromatic rings. The number of aromatic amines is 4. The molecule has 15 amide bonds. The SMILES string of the molecule is CC(C)OC(=O)NC(=O)c1ccsc1NC(=O)c1[nH]nc2ncccc12.CC(C)OC(=O)NC(=O)c1ccsc1NC(=O)c1cnc2[nH]ncc2c1.CC(C)OC(=O)NC(=O)c1ccsc1NC(=O)c1cnc2ccccc2n1.CCOC(=O)NC(=O)c1ccsc1NC(=O)c1[nH]nc2ncccc12.CCOC(=O)NC(=O)c1ccsc1NC(=O)c1cnc2[nH]ncc2c1. The third kappa shape index (κ3) is 25.4. The zero-order valence-corrected chi connectivity index (χ0v) is 72.5. The van der Waals surface area contributed by atoms with Crippen molar-refractivity contribution < 1.29 is 95.6 Å². The summed E-state index contributed by atoms with van der Waals surface area (Å²) in [6, 6.07) is 24.8. The van der Waals surface area contributed by atoms with E-state index < -0.39 is 89.5 Å². The number of H-pyrrole nitrogens is 4. The van der Waals surface area contributed by atoms with Gasteiger partial charge in [0.25, 0.3) is 59.1 Å². The summed E-state index contributed by atoms with van der Waals surface area (Å²) in [7, 11) is 0. The summed E-state index contributed by atoms with van der Waals surface area (Å²) in [5, 5.41) is 62.2. The first kappa shape index (κ1) is 93.3. The van der Waals surface area contributed by atoms with Crippen molar-refractivity contribution in [2.45, 2.75) is 73.7 Å². The normalized spacial score (nSPS) is 10.6. The molecule has 0 bridgehead atoms. The Morgan fingerprint density at radius 2 is 0.682 bits per heavy atom. The van der Waals surface area contributed by atoms with E-state index in [-0.39, 0.29) is 76.4 Å². The van der Waals surface area contributed by atoms with Crippen LogP contribution in [0.1, 0.15) is 159 Å². The summed E-state index contributed by atoms with van der Waals surface area (Å²) >= 11 is 5.79. The molecular weight excluding hydrogens is 1780 g/mol. The maximum Gasteiger partial charge on any atom is 0.414 e. The number of benzene rings is 1. The molecule has 0 unspecified atom stereocenters. The average Bonchev–Trinajstić information content (AvgIpc) is 1.74. The topological polar surface area (TPSA) is 615 Å². The van der Waals surface area contributed by atoms with E-state index in [0.29, 0.717) is 91.3 Å². The number of carbonyl (C=O) groups is 15. The Bertz CT molecular complexity index is 6700. The number of hydrogen-bond acceptors (Lipinski definition) is 35. The van der Waals surface area contributed by atoms with Gasteiger partial charge in [-0.05, 0) is 161 Å². The Balaban J connectivity index is 0.000000156. The second kappa shape index (κ2) is 44.3. The van der Waals surface area contributed by atoms with Gasteiger partial charge in [-0.15, -0.1) is 56.7 Å². The fourth-order valence-electron chi connectivity index (χ4n) is 10.7. The number of pyridine rings is 4. The van der Waals surface area contributed by atoms with Gasteiger partial charge in [-0.3, -0.25) is 99.9 Å². The maximum absolute atomic E-state index is 12.5. The maximum atomic E-state index is 12.5. The van der Waals surface area contributed by atoms with Gasteiger partial charge < -0.3 is 50.3 Å². The van der Waals surface area contributed by atoms with E-state index in [9.17, 15) is 71.9 Å². The number of nitrogens with zero attached hydrogens (tertiary/aromatic N) is 10. The minimum atomic E-state index is -0.848. The summed E-state index contributed by atoms with van der Waals surface area (Å²) in [5.74, 6) is -5.60. The lowest BCUT2D eigenvalue weighted by Gasteiger charge is -2.09. The van der Waals surface area contributed by atoms with Crippen molar-refractivity contribution in [1.82, 2.24) is 97.3 Å². The Hall–Kier alpha value is -16.4. The molecule has 129 heavy (non-hydrogen) atoms. The first-order valence-electron chi connectivity index (χ1n) is 37.9. The van der Waals surface area contributed by atoms with Gasteiger partial charge in [0.15, 0.2) is 22.6 Å². The fourth-order valence-corrected chi connectivity index (χ4v) is 14.6. The van der Waals surface area contributed by atoms with Gasteiger partial charge >= 0.3 is 30.5 Å². The number of amides is 15. The smallest absolute Gasteiger partial charge is 0.414 e. The zero-order valence-electron chi connectivity index (χ0n) is 68.4. The summed E-state index contributed by atoms with van der Waals surface area (Å²) in [4.78, 5) is 205. The number of carbonyl (C=O) groups excluding carboxylic acids is 15. The van der Waals surface area contributed by atoms with Crippen molar-refractivity contribution in [3.05, 3.63) is 217 Å². The number of aromatic nitrogens is 14. The van der Waals surface area contributed by atoms with Gasteiger partial charge in [0.1, 0.15) is 42.1 Å². The highest BCUT2D eigenvalue weighted by atomic mass is 32.1. The molecule has 0 aliphatic heterocycles. The molecule has 0 fully saturated rings. The van der Waals surface area contributed by atoms with Crippen LogP contribution in [0.25, 0.3) is 55.2 Å². The van der Waals surface area contributed by atoms with Gasteiger partial charge in [-0.2, -0.15) is 20.4 Å². The molecule has 0 atom stereocenters. The van der Waals surface area contributed by atoms with E-state index in [1.54, 1.807) is 162 Å². The van der Waals surface area contributed by atoms with Crippen LogP contribution in [-0.2, 0) is 23.7 Å². The number of para-hydroxylation sites is 2. The Labute approximate surface area is 745 Å². The number of thiophene rings is 5. The molecule has 14 aromatic heterocycles. The van der Waals surface area contributed by atoms with Crippen molar-refractivity contribution in [2.75, 3.05) is 39.8 Å². The van der Waals surface area contributed by atoms with E-state index in [1.165, 1.54) is 48.9 Å². The molecule has 0 radical (unpaired) electrons. The van der Waals surface area contributed by atoms with Gasteiger partial charge in [0.05, 0.1) is 111 Å². The van der Waals surface area contributed by atoms with Gasteiger partial charge in [0.2, 0.25) is 0 Å². The lowest BCUT2D eigenvalue weighted by molar-refractivity contribution is 0.0860. The Morgan fingerprint density at radius 3 is 1.03 bits per heavy atom. The number of ether oxygens (including phenoxy) is 5. The predicted octanol–water partition coefficient (Wildman–Crippen LogP) is 12.6. The summed E-state index contributed by atoms with van der Waals surface area (Å²) < 4.78 is 23.9. The van der Waals surface area contributed by atoms with Crippen LogP contribution in [0.5, 0.6) is 0 Å². The van der Waals surface area contributed by atoms with Crippen molar-refractivity contribution in [3.8, 4) is 0 Å². The molecule has 0 saturated carbocycles. The Kier molecular flexibility index (Phi) is 32.0. The first-order valence-corrected chi connectivity index (χ1v) is 42.3. The number of alkyl carbamates (subject to hydrolysis) is 5. The summed E-state index contributed by atoms with van der Waals surface area (Å²) in [6.45, 7) is 13.6. The molecule has 0 aliphatic rings. The van der Waals surface area contributed by atoms with Crippen LogP contribution in [-0.4, -0.2) is 192 Å². The largest absolute Gasteiger partial charge is 0.450 e. The molecule has 0 aliphatic carbocycles. The Morgan fingerprint density at radius 1 is 0.349 bits per heavy atom. The number of rotatable bonds is 20. The first-order chi connectivity index (χ1) is 62.0. The summed E-state index contributed by atoms with van der Waals surface area (Å²) in [5.41, 5.74) is 5.26. The fraction of sp³-hybridized carbons (Fsp3) is 0.163. The van der Waals surface area contributed by atoms with Crippen molar-refractivity contribution >= 4 is 226 Å². The molecule has 1 aromatic carbocycles. The minimum absolute atomic E-state index is 0.118. The average molecular weight is 1850 g/mol. The highest BCUT2D eigenvalue weighted by molar-refractivity contribution is 7.16. The molecule has 0 spiro atoms. The van der Waals surface area contributed by atoms with E-state index >= 15 is 0 Å². The van der Waals surface area contributed by atoms with Crippen LogP contribution in [0.3, 0.4) is 0 Å². The van der Waals surface area contributed by atoms with E-state index in [2.05, 4.69) is 133 Å². The second-order valence-electron chi connectivity index (χ2n) is 26.4. The molecule has 662 valence electrons. The molecule has 49 heteroatoms. The van der Waals surface area contributed by atoms with E-state index in [4.69, 9.17) is 14.2 Å². The van der Waals surface area contributed by atoms with Crippen molar-refractivity contribution in [1.29, 1.82) is 0 Å². The van der Waals surface area contributed by atoms with Crippen LogP contribution in [0.15, 0.2) is 161 Å². The van der Waals surface area contributed by atoms with Crippen LogP contribution < -0.4 is 53.2 Å². The van der Waals surface area contributed by atoms with Crippen LogP contribution in [0.2, 0.25) is 0 Å². The number of hydrogen-bond donors (Lipinski definition) is 14. The number of anilines is 5. The molecular formula is C80H72N24O20S5. The van der Waals surface area contributed by atoms with Crippen molar-refractivity contribution in [3.63, 3.8) is 0 Å². The molecule has 0 saturated heterocycles. The lowest BCUT2D eigenvalue weighted by atomic mass is 10.2. The van der Waals surface area contributed by atoms with Crippen LogP contribution in [0.4, 0.5) is 49.0 Å². The number of nitrogens with one attached hydrogen (secondary N) is 14. The van der Waals surface area contributed by atoms with Gasteiger partial charge in [-0.1, -0.05) is 12.1 Å². The van der Waals surface area contributed by atoms with Crippen LogP contribution in [0, 0.1) is 0 Å². The summed E-state index contributed by atoms with van der Waals surface area (Å²) in [6.07, 6.45) is 5.15. The highest BCUT2D eigenvalue weighted by Crippen LogP contribution is 2.30. The van der Waals surface area contributed by atoms with Crippen molar-refractivity contribution in [2.24, 2.45) is 0 Å². The second-order valence-corrected chi connectivity index (χ2v) is 31.0. The number of fused-ring (bicyclic) bond motifs is 5. The van der Waals surface area contributed by atoms with E-state index in [0.717, 1.165) is 56.7 Å². The van der Waals surface area contributed by atoms with E-state index in [1.807, 2.05) is 6.07 Å². The monoisotopic (exact) mass is 1850 g/mol. The molecule has 14 N–H and O–H groups in total. The zero-order chi connectivity index (χ0) is 92.4. The quantitative estimate of drug-likeness (QED) is 0.0315. The van der Waals surface area contributed by atoms with Gasteiger partial charge in [0, 0.05) is 35.6 Å². The van der Waals surface area contributed by atoms with Gasteiger partial charge in [-0.25, -0.2) is 48.9 Å². The third-order valence-corrected chi connectivity index (χ3v) is 20.4. The predicted molar refractivity (Wildman–Crippen MR) is 473 cm³/mol. The lowest BCUT2D eigenvalue weighted by Crippen LogP contribution is -2.33. The molecule has 14 heterocycles. The minimum Gasteiger partial charge on any atom is -0.450 e. The standard InChI is InChI=1S/C18H16N4O4S.2C16H15N5O4S.2C15H13N5O4S/c1-10(2)26-18(25)22-15(23)11-7-8-27-17(11)21-16(24)14-9-19-12-5-3-4-6-13(12)20-14;1-8(2)25-16(24)20-14(23)11-3-4-26-15(11)19-13(22)10-5-9-7-18-21-12(9)17-6-10;1-8(2)25-16(24)19-13(22)10-5-7-26-15(10)18-14(23)11-9-4-3-6-17-12(9)21-20-11;1-2-24-15(23)19-13(22)10-3-4-25-14(10)18-12(21)9-5-8-7-17-20-11(8)16-6-9;1-2-24-15(23)18-12(21)9-5-7-25-14(9)17-13(22)10-8-4-3-6-16-11(8)20-19-10/h3-10H,1-2H3,(H,21,24)(H,22,23,25);3-8H,1-2H3,(H,19,22)(H,17,18,21)(H,20,23,24);3-8H,1-2H3,(H,18,23)(H,17,20,21)(H,19,22,24);3-7H,2H2,1H3,(H,18,21)(H,16,17,20)(H,19,22,23);3-7H,2H2,1H3,(H,17,22)(H,16,19,20)(H,18,21,23). The van der Waals surface area contributed by atoms with Crippen LogP contribution >= 0.6 is 56.7 Å².